The summed E-state index contributed by atoms with van der Waals surface area (Å²) in [7, 11) is -1.84. The van der Waals surface area contributed by atoms with Gasteiger partial charge in [0, 0.05) is 58.9 Å². The molecule has 1 aliphatic carbocycles. The molecule has 178 valence electrons. The Morgan fingerprint density at radius 2 is 1.53 bits per heavy atom. The van der Waals surface area contributed by atoms with Crippen LogP contribution in [0.1, 0.15) is 68.3 Å². The predicted molar refractivity (Wildman–Crippen MR) is 122 cm³/mol. The van der Waals surface area contributed by atoms with E-state index in [1.165, 1.54) is 48.7 Å². The van der Waals surface area contributed by atoms with Crippen LogP contribution in [0, 0.1) is 5.92 Å². The number of rotatable bonds is 6. The fourth-order valence-electron chi connectivity index (χ4n) is 5.25. The van der Waals surface area contributed by atoms with E-state index >= 15 is 0 Å². The van der Waals surface area contributed by atoms with Gasteiger partial charge in [0.25, 0.3) is 5.91 Å². The monoisotopic (exact) mass is 464 g/mol. The lowest BCUT2D eigenvalue weighted by Gasteiger charge is -2.35. The fourth-order valence-corrected chi connectivity index (χ4v) is 6.84. The van der Waals surface area contributed by atoms with E-state index < -0.39 is 10.0 Å². The number of carbonyl (C=O) groups excluding carboxylic acids is 2. The summed E-state index contributed by atoms with van der Waals surface area (Å²) in [6.45, 7) is 3.12. The molecule has 1 saturated carbocycles. The molecule has 2 saturated heterocycles. The lowest BCUT2D eigenvalue weighted by molar-refractivity contribution is -0.133. The molecule has 0 bridgehead atoms. The summed E-state index contributed by atoms with van der Waals surface area (Å²) in [6, 6.07) is 1.50. The van der Waals surface area contributed by atoms with Crippen molar-refractivity contribution in [1.82, 2.24) is 18.7 Å². The molecule has 2 aliphatic heterocycles. The number of amides is 2. The van der Waals surface area contributed by atoms with Crippen molar-refractivity contribution >= 4 is 21.8 Å². The first-order chi connectivity index (χ1) is 15.4. The highest BCUT2D eigenvalue weighted by Crippen LogP contribution is 2.28. The largest absolute Gasteiger partial charge is 0.345 e. The van der Waals surface area contributed by atoms with E-state index in [0.717, 1.165) is 19.3 Å². The molecule has 32 heavy (non-hydrogen) atoms. The van der Waals surface area contributed by atoms with Gasteiger partial charge in [-0.1, -0.05) is 32.1 Å². The van der Waals surface area contributed by atoms with Gasteiger partial charge in [-0.2, -0.15) is 4.31 Å². The Morgan fingerprint density at radius 3 is 2.19 bits per heavy atom. The lowest BCUT2D eigenvalue weighted by Crippen LogP contribution is -2.50. The van der Waals surface area contributed by atoms with Crippen molar-refractivity contribution in [3.63, 3.8) is 0 Å². The topological polar surface area (TPSA) is 82.9 Å². The number of carbonyl (C=O) groups is 2. The van der Waals surface area contributed by atoms with Crippen molar-refractivity contribution in [2.45, 2.75) is 62.7 Å². The lowest BCUT2D eigenvalue weighted by atomic mass is 9.86. The van der Waals surface area contributed by atoms with Gasteiger partial charge in [-0.05, 0) is 31.2 Å². The molecular weight excluding hydrogens is 428 g/mol. The Labute approximate surface area is 191 Å². The molecule has 9 heteroatoms. The maximum absolute atomic E-state index is 13.1. The highest BCUT2D eigenvalue weighted by molar-refractivity contribution is 7.89. The second-order valence-electron chi connectivity index (χ2n) is 9.50. The first-order valence-electron chi connectivity index (χ1n) is 12.1. The van der Waals surface area contributed by atoms with Crippen molar-refractivity contribution in [1.29, 1.82) is 0 Å². The van der Waals surface area contributed by atoms with Gasteiger partial charge in [0.15, 0.2) is 0 Å². The second-order valence-corrected chi connectivity index (χ2v) is 11.4. The number of aromatic nitrogens is 1. The van der Waals surface area contributed by atoms with E-state index in [1.807, 2.05) is 4.90 Å². The van der Waals surface area contributed by atoms with Gasteiger partial charge in [0.05, 0.1) is 0 Å². The number of piperazine rings is 1. The van der Waals surface area contributed by atoms with Gasteiger partial charge in [-0.25, -0.2) is 8.42 Å². The van der Waals surface area contributed by atoms with E-state index in [0.29, 0.717) is 57.3 Å². The summed E-state index contributed by atoms with van der Waals surface area (Å²) < 4.78 is 28.8. The fraction of sp³-hybridized carbons (Fsp3) is 0.739. The Bertz CT molecular complexity index is 922. The molecule has 1 aromatic heterocycles. The molecule has 4 rings (SSSR count). The third-order valence-electron chi connectivity index (χ3n) is 7.31. The SMILES string of the molecule is Cn1cc(S(=O)(=O)N2CCCC2)cc1C(=O)N1CCN(C(=O)CCC2CCCCC2)CC1. The molecule has 0 radical (unpaired) electrons. The van der Waals surface area contributed by atoms with Crippen LogP contribution in [-0.4, -0.2) is 78.2 Å². The van der Waals surface area contributed by atoms with Crippen molar-refractivity contribution in [3.05, 3.63) is 18.0 Å². The molecule has 3 heterocycles. The normalized spacial score (nSPS) is 21.3. The first kappa shape index (κ1) is 23.3. The number of hydrogen-bond donors (Lipinski definition) is 0. The predicted octanol–water partition coefficient (Wildman–Crippen LogP) is 2.45. The first-order valence-corrected chi connectivity index (χ1v) is 13.5. The minimum Gasteiger partial charge on any atom is -0.345 e. The highest BCUT2D eigenvalue weighted by atomic mass is 32.2. The molecule has 0 atom stereocenters. The minimum absolute atomic E-state index is 0.176. The number of hydrogen-bond acceptors (Lipinski definition) is 4. The summed E-state index contributed by atoms with van der Waals surface area (Å²) in [5.41, 5.74) is 0.375. The summed E-state index contributed by atoms with van der Waals surface area (Å²) in [4.78, 5) is 29.5. The number of sulfonamides is 1. The molecular formula is C23H36N4O4S. The molecule has 2 amide bonds. The molecule has 1 aromatic rings. The molecule has 0 unspecified atom stereocenters. The average Bonchev–Trinajstić information content (AvgIpc) is 3.49. The summed E-state index contributed by atoms with van der Waals surface area (Å²) in [5.74, 6) is 0.712. The van der Waals surface area contributed by atoms with E-state index in [9.17, 15) is 18.0 Å². The maximum atomic E-state index is 13.1. The minimum atomic E-state index is -3.55. The quantitative estimate of drug-likeness (QED) is 0.648. The van der Waals surface area contributed by atoms with Gasteiger partial charge in [-0.3, -0.25) is 9.59 Å². The third kappa shape index (κ3) is 5.03. The van der Waals surface area contributed by atoms with Crippen LogP contribution in [0.15, 0.2) is 17.2 Å². The zero-order chi connectivity index (χ0) is 22.7. The van der Waals surface area contributed by atoms with Gasteiger partial charge in [0.2, 0.25) is 15.9 Å². The van der Waals surface area contributed by atoms with Crippen LogP contribution >= 0.6 is 0 Å². The Balaban J connectivity index is 1.31. The van der Waals surface area contributed by atoms with E-state index in [2.05, 4.69) is 0 Å². The van der Waals surface area contributed by atoms with Crippen molar-refractivity contribution in [2.75, 3.05) is 39.3 Å². The van der Waals surface area contributed by atoms with Crippen LogP contribution in [0.3, 0.4) is 0 Å². The Hall–Kier alpha value is -1.87. The summed E-state index contributed by atoms with van der Waals surface area (Å²) >= 11 is 0. The third-order valence-corrected chi connectivity index (χ3v) is 9.18. The molecule has 0 aromatic carbocycles. The van der Waals surface area contributed by atoms with Crippen LogP contribution in [0.25, 0.3) is 0 Å². The van der Waals surface area contributed by atoms with Crippen LogP contribution in [-0.2, 0) is 21.9 Å². The van der Waals surface area contributed by atoms with Crippen molar-refractivity contribution < 1.29 is 18.0 Å². The van der Waals surface area contributed by atoms with Crippen molar-refractivity contribution in [3.8, 4) is 0 Å². The zero-order valence-electron chi connectivity index (χ0n) is 19.2. The molecule has 3 fully saturated rings. The number of nitrogens with zero attached hydrogens (tertiary/aromatic N) is 4. The Morgan fingerprint density at radius 1 is 0.906 bits per heavy atom. The second kappa shape index (κ2) is 9.95. The molecule has 0 N–H and O–H groups in total. The summed E-state index contributed by atoms with van der Waals surface area (Å²) in [5, 5.41) is 0. The average molecular weight is 465 g/mol. The smallest absolute Gasteiger partial charge is 0.270 e. The van der Waals surface area contributed by atoms with Gasteiger partial charge in [0.1, 0.15) is 10.6 Å². The zero-order valence-corrected chi connectivity index (χ0v) is 20.0. The van der Waals surface area contributed by atoms with Crippen LogP contribution < -0.4 is 0 Å². The standard InChI is InChI=1S/C23H36N4O4S/c1-24-18-20(32(30,31)27-11-5-6-12-27)17-21(24)23(29)26-15-13-25(14-16-26)22(28)10-9-19-7-3-2-4-8-19/h17-19H,2-16H2,1H3. The summed E-state index contributed by atoms with van der Waals surface area (Å²) in [6.07, 6.45) is 11.3. The van der Waals surface area contributed by atoms with Gasteiger partial charge in [-0.15, -0.1) is 0 Å². The molecule has 0 spiro atoms. The van der Waals surface area contributed by atoms with Crippen LogP contribution in [0.2, 0.25) is 0 Å². The van der Waals surface area contributed by atoms with E-state index in [-0.39, 0.29) is 16.7 Å². The van der Waals surface area contributed by atoms with Gasteiger partial charge < -0.3 is 14.4 Å². The van der Waals surface area contributed by atoms with E-state index in [4.69, 9.17) is 0 Å². The number of aryl methyl sites for hydroxylation is 1. The van der Waals surface area contributed by atoms with E-state index in [1.54, 1.807) is 16.5 Å². The molecule has 3 aliphatic rings. The Kier molecular flexibility index (Phi) is 7.24. The molecule has 8 nitrogen and oxygen atoms in total. The maximum Gasteiger partial charge on any atom is 0.270 e. The highest BCUT2D eigenvalue weighted by Gasteiger charge is 2.31. The van der Waals surface area contributed by atoms with Crippen LogP contribution in [0.4, 0.5) is 0 Å². The van der Waals surface area contributed by atoms with Crippen LogP contribution in [0.5, 0.6) is 0 Å². The van der Waals surface area contributed by atoms with Crippen molar-refractivity contribution in [2.24, 2.45) is 13.0 Å². The van der Waals surface area contributed by atoms with Gasteiger partial charge >= 0.3 is 0 Å².